The normalized spacial score (nSPS) is 11.7. The molecule has 0 atom stereocenters. The van der Waals surface area contributed by atoms with Gasteiger partial charge in [-0.05, 0) is 76.4 Å². The quantitative estimate of drug-likeness (QED) is 0.347. The third-order valence-corrected chi connectivity index (χ3v) is 6.34. The number of ether oxygens (including phenoxy) is 1. The number of nitrogens with zero attached hydrogens (tertiary/aromatic N) is 1. The minimum atomic E-state index is -1.09. The van der Waals surface area contributed by atoms with Crippen molar-refractivity contribution in [1.82, 2.24) is 14.9 Å². The van der Waals surface area contributed by atoms with Crippen LogP contribution in [-0.2, 0) is 12.6 Å². The molecule has 0 aliphatic carbocycles. The molecular formula is C29H33N3O4. The van der Waals surface area contributed by atoms with Crippen molar-refractivity contribution in [3.05, 3.63) is 80.9 Å². The van der Waals surface area contributed by atoms with Crippen LogP contribution in [-0.4, -0.2) is 27.1 Å². The Labute approximate surface area is 210 Å². The minimum Gasteiger partial charge on any atom is -0.456 e. The van der Waals surface area contributed by atoms with Gasteiger partial charge in [0.2, 0.25) is 0 Å². The van der Waals surface area contributed by atoms with E-state index in [9.17, 15) is 14.7 Å². The molecule has 4 rings (SSSR count). The Hall–Kier alpha value is -3.84. The third-order valence-electron chi connectivity index (χ3n) is 6.34. The number of pyridine rings is 1. The first kappa shape index (κ1) is 25.3. The van der Waals surface area contributed by atoms with Gasteiger partial charge in [0, 0.05) is 36.3 Å². The summed E-state index contributed by atoms with van der Waals surface area (Å²) in [7, 11) is 1.67. The molecule has 3 N–H and O–H groups in total. The molecule has 0 unspecified atom stereocenters. The van der Waals surface area contributed by atoms with Crippen LogP contribution in [0.3, 0.4) is 0 Å². The summed E-state index contributed by atoms with van der Waals surface area (Å²) in [6.07, 6.45) is 1.74. The zero-order valence-corrected chi connectivity index (χ0v) is 21.9. The van der Waals surface area contributed by atoms with E-state index in [1.54, 1.807) is 33.2 Å². The van der Waals surface area contributed by atoms with Gasteiger partial charge in [0.05, 0.1) is 5.60 Å². The highest BCUT2D eigenvalue weighted by atomic mass is 16.5. The standard InChI is InChI=1S/C29H33N3O4/c1-8-30-27(33)23-14-21-22(15-32(7)28(34)25(21)31-23)20-13-19(29(5,6)35)9-10-24(20)36-26-17(3)11-16(2)12-18(26)4/h9-15,31,35H,8H2,1-7H3,(H,30,33). The number of hydrogen-bond acceptors (Lipinski definition) is 4. The molecule has 36 heavy (non-hydrogen) atoms. The summed E-state index contributed by atoms with van der Waals surface area (Å²) in [6, 6.07) is 11.4. The van der Waals surface area contributed by atoms with E-state index in [-0.39, 0.29) is 11.5 Å². The summed E-state index contributed by atoms with van der Waals surface area (Å²) in [4.78, 5) is 28.5. The number of carbonyl (C=O) groups excluding carboxylic acids is 1. The monoisotopic (exact) mass is 487 g/mol. The predicted molar refractivity (Wildman–Crippen MR) is 143 cm³/mol. The van der Waals surface area contributed by atoms with Crippen molar-refractivity contribution in [2.45, 2.75) is 47.1 Å². The van der Waals surface area contributed by atoms with Crippen molar-refractivity contribution in [3.8, 4) is 22.6 Å². The summed E-state index contributed by atoms with van der Waals surface area (Å²) < 4.78 is 7.99. The first-order valence-electron chi connectivity index (χ1n) is 12.0. The molecule has 7 nitrogen and oxygen atoms in total. The van der Waals surface area contributed by atoms with Crippen molar-refractivity contribution in [2.75, 3.05) is 6.54 Å². The Morgan fingerprint density at radius 1 is 1.08 bits per heavy atom. The minimum absolute atomic E-state index is 0.240. The highest BCUT2D eigenvalue weighted by Crippen LogP contribution is 2.40. The third kappa shape index (κ3) is 4.66. The maximum absolute atomic E-state index is 13.0. The lowest BCUT2D eigenvalue weighted by Gasteiger charge is -2.22. The van der Waals surface area contributed by atoms with Crippen molar-refractivity contribution in [1.29, 1.82) is 0 Å². The summed E-state index contributed by atoms with van der Waals surface area (Å²) in [5.41, 5.74) is 4.60. The Kier molecular flexibility index (Phi) is 6.54. The van der Waals surface area contributed by atoms with Crippen LogP contribution in [0.1, 0.15) is 53.5 Å². The number of fused-ring (bicyclic) bond motifs is 1. The molecule has 188 valence electrons. The second-order valence-electron chi connectivity index (χ2n) is 9.89. The maximum atomic E-state index is 13.0. The number of aromatic amines is 1. The van der Waals surface area contributed by atoms with Crippen LogP contribution in [0.5, 0.6) is 11.5 Å². The highest BCUT2D eigenvalue weighted by Gasteiger charge is 2.23. The van der Waals surface area contributed by atoms with E-state index in [1.807, 2.05) is 45.9 Å². The molecule has 2 aromatic carbocycles. The molecule has 0 fully saturated rings. The van der Waals surface area contributed by atoms with Gasteiger partial charge in [0.1, 0.15) is 22.7 Å². The molecule has 7 heteroatoms. The van der Waals surface area contributed by atoms with Crippen molar-refractivity contribution in [2.24, 2.45) is 7.05 Å². The number of aryl methyl sites for hydroxylation is 4. The van der Waals surface area contributed by atoms with Gasteiger partial charge in [-0.1, -0.05) is 23.8 Å². The molecule has 0 spiro atoms. The number of carbonyl (C=O) groups is 1. The van der Waals surface area contributed by atoms with Crippen molar-refractivity contribution < 1.29 is 14.6 Å². The van der Waals surface area contributed by atoms with Crippen LogP contribution in [0.4, 0.5) is 0 Å². The smallest absolute Gasteiger partial charge is 0.274 e. The molecule has 1 amide bonds. The summed E-state index contributed by atoms with van der Waals surface area (Å²) in [5, 5.41) is 14.1. The van der Waals surface area contributed by atoms with E-state index >= 15 is 0 Å². The van der Waals surface area contributed by atoms with Crippen LogP contribution in [0.2, 0.25) is 0 Å². The molecule has 4 aromatic rings. The predicted octanol–water partition coefficient (Wildman–Crippen LogP) is 5.23. The van der Waals surface area contributed by atoms with Gasteiger partial charge < -0.3 is 24.7 Å². The van der Waals surface area contributed by atoms with Crippen molar-refractivity contribution in [3.63, 3.8) is 0 Å². The molecular weight excluding hydrogens is 454 g/mol. The Morgan fingerprint density at radius 2 is 1.75 bits per heavy atom. The second kappa shape index (κ2) is 9.32. The van der Waals surface area contributed by atoms with E-state index in [0.29, 0.717) is 45.6 Å². The summed E-state index contributed by atoms with van der Waals surface area (Å²) in [5.74, 6) is 1.06. The van der Waals surface area contributed by atoms with Crippen LogP contribution in [0.15, 0.2) is 47.4 Å². The number of aliphatic hydroxyl groups is 1. The van der Waals surface area contributed by atoms with Crippen LogP contribution < -0.4 is 15.6 Å². The lowest BCUT2D eigenvalue weighted by atomic mass is 9.93. The van der Waals surface area contributed by atoms with Gasteiger partial charge in [-0.2, -0.15) is 0 Å². The largest absolute Gasteiger partial charge is 0.456 e. The number of rotatable bonds is 6. The van der Waals surface area contributed by atoms with E-state index in [2.05, 4.69) is 22.4 Å². The summed E-state index contributed by atoms with van der Waals surface area (Å²) in [6.45, 7) is 11.8. The van der Waals surface area contributed by atoms with Gasteiger partial charge in [-0.3, -0.25) is 9.59 Å². The van der Waals surface area contributed by atoms with Crippen molar-refractivity contribution >= 4 is 16.8 Å². The number of amides is 1. The Morgan fingerprint density at radius 3 is 2.36 bits per heavy atom. The second-order valence-corrected chi connectivity index (χ2v) is 9.89. The van der Waals surface area contributed by atoms with Gasteiger partial charge in [-0.25, -0.2) is 0 Å². The summed E-state index contributed by atoms with van der Waals surface area (Å²) >= 11 is 0. The molecule has 0 saturated heterocycles. The van der Waals surface area contributed by atoms with Crippen LogP contribution in [0, 0.1) is 20.8 Å². The Balaban J connectivity index is 2.00. The number of H-pyrrole nitrogens is 1. The highest BCUT2D eigenvalue weighted by molar-refractivity contribution is 6.03. The van der Waals surface area contributed by atoms with E-state index in [4.69, 9.17) is 4.74 Å². The zero-order chi connectivity index (χ0) is 26.4. The molecule has 2 aromatic heterocycles. The van der Waals surface area contributed by atoms with Gasteiger partial charge in [-0.15, -0.1) is 0 Å². The zero-order valence-electron chi connectivity index (χ0n) is 21.9. The van der Waals surface area contributed by atoms with Crippen LogP contribution in [0.25, 0.3) is 22.0 Å². The molecule has 0 saturated carbocycles. The van der Waals surface area contributed by atoms with Gasteiger partial charge in [0.15, 0.2) is 0 Å². The van der Waals surface area contributed by atoms with E-state index in [1.165, 1.54) is 4.57 Å². The SMILES string of the molecule is CCNC(=O)c1cc2c(-c3cc(C(C)(C)O)ccc3Oc3c(C)cc(C)cc3C)cn(C)c(=O)c2[nH]1. The number of benzene rings is 2. The van der Waals surface area contributed by atoms with Gasteiger partial charge >= 0.3 is 0 Å². The topological polar surface area (TPSA) is 96.3 Å². The average molecular weight is 488 g/mol. The first-order valence-corrected chi connectivity index (χ1v) is 12.0. The maximum Gasteiger partial charge on any atom is 0.274 e. The average Bonchev–Trinajstić information content (AvgIpc) is 3.24. The fraction of sp³-hybridized carbons (Fsp3) is 0.310. The number of nitrogens with one attached hydrogen (secondary N) is 2. The number of aromatic nitrogens is 2. The molecule has 0 radical (unpaired) electrons. The number of hydrogen-bond donors (Lipinski definition) is 3. The fourth-order valence-corrected chi connectivity index (χ4v) is 4.57. The fourth-order valence-electron chi connectivity index (χ4n) is 4.57. The lowest BCUT2D eigenvalue weighted by Crippen LogP contribution is -2.23. The van der Waals surface area contributed by atoms with Crippen LogP contribution >= 0.6 is 0 Å². The van der Waals surface area contributed by atoms with Gasteiger partial charge in [0.25, 0.3) is 11.5 Å². The first-order chi connectivity index (χ1) is 16.9. The molecule has 2 heterocycles. The van der Waals surface area contributed by atoms with E-state index in [0.717, 1.165) is 22.4 Å². The van der Waals surface area contributed by atoms with E-state index < -0.39 is 5.60 Å². The molecule has 0 aliphatic rings. The molecule has 0 bridgehead atoms. The lowest BCUT2D eigenvalue weighted by molar-refractivity contribution is 0.0786. The molecule has 0 aliphatic heterocycles. The Bertz CT molecular complexity index is 1510.